The summed E-state index contributed by atoms with van der Waals surface area (Å²) in [6.07, 6.45) is 1.60. The Morgan fingerprint density at radius 2 is 1.80 bits per heavy atom. The van der Waals surface area contributed by atoms with Crippen LogP contribution in [0, 0.1) is 0 Å². The summed E-state index contributed by atoms with van der Waals surface area (Å²) in [5.74, 6) is -0.458. The molecular weight excluding hydrogens is 439 g/mol. The van der Waals surface area contributed by atoms with Gasteiger partial charge in [0, 0.05) is 23.0 Å². The third kappa shape index (κ3) is 4.08. The van der Waals surface area contributed by atoms with Gasteiger partial charge in [0.15, 0.2) is 0 Å². The number of alkyl halides is 3. The predicted octanol–water partition coefficient (Wildman–Crippen LogP) is 5.47. The molecule has 1 saturated heterocycles. The zero-order valence-electron chi connectivity index (χ0n) is 15.2. The number of aromatic nitrogens is 1. The molecule has 0 atom stereocenters. The minimum absolute atomic E-state index is 0.0277. The standard InChI is InChI=1S/C20H13ClF3N3O2S/c21-15-2-1-3-16-18(15)12(8-9-25-16)10-26-11-17(28)27(19(26)29)13-4-6-14(7-5-13)30-20(22,23)24/h1-9H,10-11H2. The molecular formula is C20H13ClF3N3O2S. The average molecular weight is 452 g/mol. The van der Waals surface area contributed by atoms with E-state index in [1.807, 2.05) is 0 Å². The van der Waals surface area contributed by atoms with Crippen molar-refractivity contribution in [1.82, 2.24) is 9.88 Å². The maximum Gasteiger partial charge on any atom is 0.446 e. The van der Waals surface area contributed by atoms with Gasteiger partial charge in [-0.25, -0.2) is 9.69 Å². The van der Waals surface area contributed by atoms with Crippen molar-refractivity contribution in [2.75, 3.05) is 11.4 Å². The van der Waals surface area contributed by atoms with Crippen LogP contribution in [0.5, 0.6) is 0 Å². The van der Waals surface area contributed by atoms with Crippen LogP contribution >= 0.6 is 23.4 Å². The number of hydrogen-bond donors (Lipinski definition) is 0. The minimum atomic E-state index is -4.41. The molecule has 0 N–H and O–H groups in total. The van der Waals surface area contributed by atoms with E-state index in [0.29, 0.717) is 15.9 Å². The van der Waals surface area contributed by atoms with Gasteiger partial charge < -0.3 is 4.90 Å². The predicted molar refractivity (Wildman–Crippen MR) is 108 cm³/mol. The lowest BCUT2D eigenvalue weighted by Crippen LogP contribution is -2.32. The van der Waals surface area contributed by atoms with Crippen molar-refractivity contribution in [3.63, 3.8) is 0 Å². The molecule has 3 amide bonds. The van der Waals surface area contributed by atoms with Gasteiger partial charge in [0.05, 0.1) is 16.2 Å². The van der Waals surface area contributed by atoms with Gasteiger partial charge in [-0.15, -0.1) is 0 Å². The van der Waals surface area contributed by atoms with Gasteiger partial charge in [-0.1, -0.05) is 17.7 Å². The normalized spacial score (nSPS) is 14.8. The number of amides is 3. The molecule has 0 aliphatic carbocycles. The fraction of sp³-hybridized carbons (Fsp3) is 0.150. The molecule has 5 nitrogen and oxygen atoms in total. The zero-order valence-corrected chi connectivity index (χ0v) is 16.8. The summed E-state index contributed by atoms with van der Waals surface area (Å²) in [5, 5.41) is 1.19. The van der Waals surface area contributed by atoms with Gasteiger partial charge in [-0.2, -0.15) is 13.2 Å². The van der Waals surface area contributed by atoms with Gasteiger partial charge in [-0.05, 0) is 59.8 Å². The highest BCUT2D eigenvalue weighted by Crippen LogP contribution is 2.37. The van der Waals surface area contributed by atoms with E-state index in [1.54, 1.807) is 30.5 Å². The van der Waals surface area contributed by atoms with Crippen LogP contribution in [0.1, 0.15) is 5.56 Å². The molecule has 0 radical (unpaired) electrons. The smallest absolute Gasteiger partial charge is 0.310 e. The lowest BCUT2D eigenvalue weighted by atomic mass is 10.1. The first kappa shape index (κ1) is 20.5. The van der Waals surface area contributed by atoms with Crippen molar-refractivity contribution >= 4 is 51.9 Å². The number of imide groups is 1. The van der Waals surface area contributed by atoms with Crippen LogP contribution in [0.2, 0.25) is 5.02 Å². The topological polar surface area (TPSA) is 53.5 Å². The number of anilines is 1. The Labute approximate surface area is 178 Å². The van der Waals surface area contributed by atoms with Crippen LogP contribution in [0.15, 0.2) is 59.6 Å². The Balaban J connectivity index is 1.57. The number of carbonyl (C=O) groups is 2. The third-order valence-electron chi connectivity index (χ3n) is 4.53. The van der Waals surface area contributed by atoms with Crippen molar-refractivity contribution in [3.05, 3.63) is 65.3 Å². The summed E-state index contributed by atoms with van der Waals surface area (Å²) in [6.45, 7) is -0.00199. The lowest BCUT2D eigenvalue weighted by Gasteiger charge is -2.18. The van der Waals surface area contributed by atoms with E-state index in [-0.39, 0.29) is 35.4 Å². The van der Waals surface area contributed by atoms with Crippen LogP contribution in [-0.4, -0.2) is 33.9 Å². The van der Waals surface area contributed by atoms with E-state index in [0.717, 1.165) is 10.5 Å². The van der Waals surface area contributed by atoms with E-state index >= 15 is 0 Å². The van der Waals surface area contributed by atoms with E-state index in [4.69, 9.17) is 11.6 Å². The Hall–Kier alpha value is -2.78. The van der Waals surface area contributed by atoms with Crippen LogP contribution in [-0.2, 0) is 11.3 Å². The number of carbonyl (C=O) groups excluding carboxylic acids is 2. The third-order valence-corrected chi connectivity index (χ3v) is 5.58. The molecule has 0 spiro atoms. The molecule has 0 saturated carbocycles. The molecule has 3 aromatic rings. The summed E-state index contributed by atoms with van der Waals surface area (Å²) < 4.78 is 37.5. The number of thioether (sulfide) groups is 1. The summed E-state index contributed by atoms with van der Waals surface area (Å²) in [5.41, 5.74) is -2.78. The summed E-state index contributed by atoms with van der Waals surface area (Å²) in [6, 6.07) is 11.6. The zero-order chi connectivity index (χ0) is 21.5. The van der Waals surface area contributed by atoms with Crippen molar-refractivity contribution in [2.24, 2.45) is 0 Å². The second kappa shape index (κ2) is 7.81. The number of urea groups is 1. The van der Waals surface area contributed by atoms with Crippen LogP contribution < -0.4 is 4.90 Å². The molecule has 2 aromatic carbocycles. The second-order valence-corrected chi connectivity index (χ2v) is 8.06. The molecule has 2 heterocycles. The number of fused-ring (bicyclic) bond motifs is 1. The highest BCUT2D eigenvalue weighted by molar-refractivity contribution is 8.00. The van der Waals surface area contributed by atoms with Gasteiger partial charge in [0.25, 0.3) is 5.91 Å². The molecule has 4 rings (SSSR count). The number of pyridine rings is 1. The van der Waals surface area contributed by atoms with Crippen LogP contribution in [0.4, 0.5) is 23.7 Å². The maximum atomic E-state index is 12.9. The number of benzene rings is 2. The van der Waals surface area contributed by atoms with E-state index in [1.165, 1.54) is 29.2 Å². The largest absolute Gasteiger partial charge is 0.446 e. The van der Waals surface area contributed by atoms with Gasteiger partial charge in [0.1, 0.15) is 6.54 Å². The Morgan fingerprint density at radius 1 is 1.07 bits per heavy atom. The Bertz CT molecular complexity index is 1130. The Kier molecular flexibility index (Phi) is 5.33. The molecule has 1 aromatic heterocycles. The maximum absolute atomic E-state index is 12.9. The van der Waals surface area contributed by atoms with Crippen molar-refractivity contribution in [2.45, 2.75) is 16.9 Å². The molecule has 1 aliphatic heterocycles. The Morgan fingerprint density at radius 3 is 2.50 bits per heavy atom. The SMILES string of the molecule is O=C1CN(Cc2ccnc3cccc(Cl)c23)C(=O)N1c1ccc(SC(F)(F)F)cc1. The molecule has 154 valence electrons. The first-order chi connectivity index (χ1) is 14.2. The van der Waals surface area contributed by atoms with Crippen LogP contribution in [0.25, 0.3) is 10.9 Å². The van der Waals surface area contributed by atoms with Crippen molar-refractivity contribution in [3.8, 4) is 0 Å². The van der Waals surface area contributed by atoms with Crippen molar-refractivity contribution < 1.29 is 22.8 Å². The van der Waals surface area contributed by atoms with E-state index in [2.05, 4.69) is 4.98 Å². The summed E-state index contributed by atoms with van der Waals surface area (Å²) in [7, 11) is 0. The molecule has 0 bridgehead atoms. The van der Waals surface area contributed by atoms with Gasteiger partial charge in [-0.3, -0.25) is 9.78 Å². The highest BCUT2D eigenvalue weighted by Gasteiger charge is 2.37. The molecule has 1 aliphatic rings. The first-order valence-corrected chi connectivity index (χ1v) is 9.92. The van der Waals surface area contributed by atoms with E-state index < -0.39 is 17.4 Å². The fourth-order valence-corrected chi connectivity index (χ4v) is 4.12. The number of halogens is 4. The minimum Gasteiger partial charge on any atom is -0.310 e. The second-order valence-electron chi connectivity index (χ2n) is 6.51. The quantitative estimate of drug-likeness (QED) is 0.390. The first-order valence-electron chi connectivity index (χ1n) is 8.73. The molecule has 1 fully saturated rings. The van der Waals surface area contributed by atoms with Gasteiger partial charge in [0.2, 0.25) is 0 Å². The number of nitrogens with zero attached hydrogens (tertiary/aromatic N) is 3. The highest BCUT2D eigenvalue weighted by atomic mass is 35.5. The number of rotatable bonds is 4. The fourth-order valence-electron chi connectivity index (χ4n) is 3.29. The van der Waals surface area contributed by atoms with E-state index in [9.17, 15) is 22.8 Å². The van der Waals surface area contributed by atoms with Crippen molar-refractivity contribution in [1.29, 1.82) is 0 Å². The monoisotopic (exact) mass is 451 g/mol. The molecule has 10 heteroatoms. The van der Waals surface area contributed by atoms with Crippen LogP contribution in [0.3, 0.4) is 0 Å². The molecule has 30 heavy (non-hydrogen) atoms. The number of hydrogen-bond acceptors (Lipinski definition) is 4. The summed E-state index contributed by atoms with van der Waals surface area (Å²) >= 11 is 6.04. The summed E-state index contributed by atoms with van der Waals surface area (Å²) in [4.78, 5) is 31.9. The molecule has 0 unspecified atom stereocenters. The van der Waals surface area contributed by atoms with Gasteiger partial charge >= 0.3 is 11.5 Å². The lowest BCUT2D eigenvalue weighted by molar-refractivity contribution is -0.116. The average Bonchev–Trinajstić information content (AvgIpc) is 2.95.